The number of methoxy groups -OCH3 is 1. The minimum Gasteiger partial charge on any atom is -0.450 e. The highest BCUT2D eigenvalue weighted by molar-refractivity contribution is 5.66. The summed E-state index contributed by atoms with van der Waals surface area (Å²) in [6.07, 6.45) is -0.367. The first-order valence-corrected chi connectivity index (χ1v) is 4.83. The lowest BCUT2D eigenvalue weighted by molar-refractivity contribution is 0.151. The van der Waals surface area contributed by atoms with Crippen molar-refractivity contribution in [1.82, 2.24) is 10.6 Å². The molecule has 0 saturated heterocycles. The number of carbonyl (C=O) groups excluding carboxylic acids is 1. The molecule has 0 aliphatic rings. The van der Waals surface area contributed by atoms with Crippen molar-refractivity contribution in [2.45, 2.75) is 19.9 Å². The maximum absolute atomic E-state index is 10.8. The molecule has 5 heteroatoms. The van der Waals surface area contributed by atoms with Gasteiger partial charge in [0.1, 0.15) is 0 Å². The Bertz CT molecular complexity index is 153. The second-order valence-electron chi connectivity index (χ2n) is 2.96. The first-order chi connectivity index (χ1) is 6.70. The Kier molecular flexibility index (Phi) is 8.27. The topological polar surface area (TPSA) is 59.6 Å². The lowest BCUT2D eigenvalue weighted by Crippen LogP contribution is -2.37. The number of rotatable bonds is 7. The lowest BCUT2D eigenvalue weighted by atomic mass is 10.3. The zero-order valence-corrected chi connectivity index (χ0v) is 9.13. The van der Waals surface area contributed by atoms with Crippen molar-refractivity contribution in [3.63, 3.8) is 0 Å². The van der Waals surface area contributed by atoms with Gasteiger partial charge in [0.2, 0.25) is 0 Å². The number of hydrogen-bond acceptors (Lipinski definition) is 4. The first-order valence-electron chi connectivity index (χ1n) is 4.83. The van der Waals surface area contributed by atoms with Gasteiger partial charge in [0, 0.05) is 26.2 Å². The van der Waals surface area contributed by atoms with Crippen molar-refractivity contribution in [3.05, 3.63) is 0 Å². The van der Waals surface area contributed by atoms with Crippen LogP contribution in [0.25, 0.3) is 0 Å². The van der Waals surface area contributed by atoms with Crippen LogP contribution in [0.15, 0.2) is 0 Å². The number of nitrogens with one attached hydrogen (secondary N) is 2. The Labute approximate surface area is 85.1 Å². The third-order valence-corrected chi connectivity index (χ3v) is 1.58. The van der Waals surface area contributed by atoms with Gasteiger partial charge in [0.15, 0.2) is 0 Å². The van der Waals surface area contributed by atoms with Crippen molar-refractivity contribution >= 4 is 6.09 Å². The molecule has 0 saturated carbocycles. The molecule has 14 heavy (non-hydrogen) atoms. The summed E-state index contributed by atoms with van der Waals surface area (Å²) in [6.45, 7) is 6.14. The van der Waals surface area contributed by atoms with Gasteiger partial charge in [-0.1, -0.05) is 0 Å². The van der Waals surface area contributed by atoms with Crippen LogP contribution >= 0.6 is 0 Å². The van der Waals surface area contributed by atoms with Crippen LogP contribution in [0.5, 0.6) is 0 Å². The van der Waals surface area contributed by atoms with Crippen LogP contribution in [0.3, 0.4) is 0 Å². The SMILES string of the molecule is CCOC(=O)NCCNC(C)COC. The van der Waals surface area contributed by atoms with Gasteiger partial charge in [-0.2, -0.15) is 0 Å². The molecule has 2 N–H and O–H groups in total. The van der Waals surface area contributed by atoms with Crippen LogP contribution < -0.4 is 10.6 Å². The van der Waals surface area contributed by atoms with E-state index in [0.29, 0.717) is 32.3 Å². The molecule has 5 nitrogen and oxygen atoms in total. The molecule has 0 aromatic carbocycles. The Morgan fingerprint density at radius 1 is 1.43 bits per heavy atom. The van der Waals surface area contributed by atoms with Crippen LogP contribution in [0.4, 0.5) is 4.79 Å². The second-order valence-corrected chi connectivity index (χ2v) is 2.96. The van der Waals surface area contributed by atoms with Crippen LogP contribution in [0, 0.1) is 0 Å². The molecule has 0 aromatic heterocycles. The highest BCUT2D eigenvalue weighted by atomic mass is 16.5. The Hall–Kier alpha value is -0.810. The van der Waals surface area contributed by atoms with E-state index in [4.69, 9.17) is 9.47 Å². The van der Waals surface area contributed by atoms with E-state index >= 15 is 0 Å². The largest absolute Gasteiger partial charge is 0.450 e. The standard InChI is InChI=1S/C9H20N2O3/c1-4-14-9(12)11-6-5-10-8(2)7-13-3/h8,10H,4-7H2,1-3H3,(H,11,12). The maximum atomic E-state index is 10.8. The van der Waals surface area contributed by atoms with Gasteiger partial charge < -0.3 is 20.1 Å². The minimum atomic E-state index is -0.367. The fraction of sp³-hybridized carbons (Fsp3) is 0.889. The van der Waals surface area contributed by atoms with E-state index in [1.165, 1.54) is 0 Å². The Balaban J connectivity index is 3.24. The highest BCUT2D eigenvalue weighted by Crippen LogP contribution is 1.80. The van der Waals surface area contributed by atoms with E-state index in [1.54, 1.807) is 14.0 Å². The van der Waals surface area contributed by atoms with Gasteiger partial charge in [0.05, 0.1) is 13.2 Å². The molecule has 0 heterocycles. The predicted molar refractivity (Wildman–Crippen MR) is 54.4 cm³/mol. The zero-order chi connectivity index (χ0) is 10.8. The molecule has 1 amide bonds. The molecule has 0 rings (SSSR count). The molecule has 0 aromatic rings. The Morgan fingerprint density at radius 3 is 2.71 bits per heavy atom. The molecule has 0 bridgehead atoms. The monoisotopic (exact) mass is 204 g/mol. The normalized spacial score (nSPS) is 12.2. The van der Waals surface area contributed by atoms with Gasteiger partial charge in [-0.25, -0.2) is 4.79 Å². The smallest absolute Gasteiger partial charge is 0.407 e. The predicted octanol–water partition coefficient (Wildman–Crippen LogP) is 0.357. The molecule has 0 aliphatic heterocycles. The summed E-state index contributed by atoms with van der Waals surface area (Å²) in [4.78, 5) is 10.8. The molecule has 0 aliphatic carbocycles. The van der Waals surface area contributed by atoms with Gasteiger partial charge >= 0.3 is 6.09 Å². The van der Waals surface area contributed by atoms with E-state index in [9.17, 15) is 4.79 Å². The van der Waals surface area contributed by atoms with Gasteiger partial charge in [-0.05, 0) is 13.8 Å². The highest BCUT2D eigenvalue weighted by Gasteiger charge is 2.01. The summed E-state index contributed by atoms with van der Waals surface area (Å²) < 4.78 is 9.64. The average molecular weight is 204 g/mol. The maximum Gasteiger partial charge on any atom is 0.407 e. The summed E-state index contributed by atoms with van der Waals surface area (Å²) in [6, 6.07) is 0.295. The third kappa shape index (κ3) is 7.82. The first kappa shape index (κ1) is 13.2. The molecule has 0 spiro atoms. The van der Waals surface area contributed by atoms with Gasteiger partial charge in [-0.3, -0.25) is 0 Å². The number of ether oxygens (including phenoxy) is 2. The lowest BCUT2D eigenvalue weighted by Gasteiger charge is -2.12. The average Bonchev–Trinajstić information content (AvgIpc) is 2.13. The molecule has 0 radical (unpaired) electrons. The summed E-state index contributed by atoms with van der Waals surface area (Å²) >= 11 is 0. The number of hydrogen-bond donors (Lipinski definition) is 2. The second kappa shape index (κ2) is 8.77. The van der Waals surface area contributed by atoms with Crippen molar-refractivity contribution in [3.8, 4) is 0 Å². The molecule has 1 unspecified atom stereocenters. The van der Waals surface area contributed by atoms with Crippen molar-refractivity contribution < 1.29 is 14.3 Å². The summed E-state index contributed by atoms with van der Waals surface area (Å²) in [7, 11) is 1.66. The van der Waals surface area contributed by atoms with Gasteiger partial charge in [0.25, 0.3) is 0 Å². The van der Waals surface area contributed by atoms with Crippen molar-refractivity contribution in [2.75, 3.05) is 33.4 Å². The van der Waals surface area contributed by atoms with Crippen molar-refractivity contribution in [2.24, 2.45) is 0 Å². The van der Waals surface area contributed by atoms with E-state index in [2.05, 4.69) is 10.6 Å². The summed E-state index contributed by atoms with van der Waals surface area (Å²) in [5.41, 5.74) is 0. The fourth-order valence-corrected chi connectivity index (χ4v) is 0.974. The summed E-state index contributed by atoms with van der Waals surface area (Å²) in [5, 5.41) is 5.80. The number of carbonyl (C=O) groups is 1. The van der Waals surface area contributed by atoms with E-state index in [0.717, 1.165) is 0 Å². The van der Waals surface area contributed by atoms with Crippen LogP contribution in [0.1, 0.15) is 13.8 Å². The van der Waals surface area contributed by atoms with E-state index < -0.39 is 0 Å². The third-order valence-electron chi connectivity index (χ3n) is 1.58. The number of alkyl carbamates (subject to hydrolysis) is 1. The minimum absolute atomic E-state index is 0.295. The quantitative estimate of drug-likeness (QED) is 0.588. The van der Waals surface area contributed by atoms with E-state index in [1.807, 2.05) is 6.92 Å². The number of amides is 1. The van der Waals surface area contributed by atoms with Gasteiger partial charge in [-0.15, -0.1) is 0 Å². The molecule has 84 valence electrons. The Morgan fingerprint density at radius 2 is 2.14 bits per heavy atom. The zero-order valence-electron chi connectivity index (χ0n) is 9.13. The van der Waals surface area contributed by atoms with Crippen molar-refractivity contribution in [1.29, 1.82) is 0 Å². The molecular formula is C9H20N2O3. The van der Waals surface area contributed by atoms with E-state index in [-0.39, 0.29) is 6.09 Å². The summed E-state index contributed by atoms with van der Waals surface area (Å²) in [5.74, 6) is 0. The fourth-order valence-electron chi connectivity index (χ4n) is 0.974. The molecular weight excluding hydrogens is 184 g/mol. The molecule has 0 fully saturated rings. The van der Waals surface area contributed by atoms with Crippen LogP contribution in [-0.2, 0) is 9.47 Å². The van der Waals surface area contributed by atoms with Crippen LogP contribution in [-0.4, -0.2) is 45.5 Å². The molecule has 1 atom stereocenters. The van der Waals surface area contributed by atoms with Crippen LogP contribution in [0.2, 0.25) is 0 Å².